The quantitative estimate of drug-likeness (QED) is 0.839. The average Bonchev–Trinajstić information content (AvgIpc) is 2.52. The van der Waals surface area contributed by atoms with Crippen LogP contribution in [0.25, 0.3) is 0 Å². The maximum atomic E-state index is 9.43. The SMILES string of the molecule is COc1ccc(CNC2CCCCC2CO)cc1OC. The normalized spacial score (nSPS) is 22.6. The molecule has 20 heavy (non-hydrogen) atoms. The molecule has 1 saturated carbocycles. The fraction of sp³-hybridized carbons (Fsp3) is 0.625. The number of ether oxygens (including phenoxy) is 2. The smallest absolute Gasteiger partial charge is 0.161 e. The molecule has 0 bridgehead atoms. The number of nitrogens with one attached hydrogen (secondary N) is 1. The third kappa shape index (κ3) is 3.64. The molecule has 0 amide bonds. The van der Waals surface area contributed by atoms with Crippen molar-refractivity contribution in [2.24, 2.45) is 5.92 Å². The maximum absolute atomic E-state index is 9.43. The van der Waals surface area contributed by atoms with Crippen LogP contribution in [0.4, 0.5) is 0 Å². The average molecular weight is 279 g/mol. The number of rotatable bonds is 6. The molecule has 1 aromatic rings. The molecule has 4 heteroatoms. The molecule has 2 N–H and O–H groups in total. The Balaban J connectivity index is 1.96. The summed E-state index contributed by atoms with van der Waals surface area (Å²) in [5.41, 5.74) is 1.17. The number of hydrogen-bond donors (Lipinski definition) is 2. The van der Waals surface area contributed by atoms with Gasteiger partial charge in [0, 0.05) is 19.2 Å². The molecule has 2 unspecified atom stereocenters. The van der Waals surface area contributed by atoms with Gasteiger partial charge in [0.2, 0.25) is 0 Å². The second-order valence-electron chi connectivity index (χ2n) is 5.40. The lowest BCUT2D eigenvalue weighted by atomic mass is 9.85. The van der Waals surface area contributed by atoms with Crippen LogP contribution >= 0.6 is 0 Å². The van der Waals surface area contributed by atoms with Gasteiger partial charge >= 0.3 is 0 Å². The van der Waals surface area contributed by atoms with E-state index in [1.807, 2.05) is 18.2 Å². The molecule has 0 aromatic heterocycles. The Bertz CT molecular complexity index is 422. The molecular weight excluding hydrogens is 254 g/mol. The van der Waals surface area contributed by atoms with Gasteiger partial charge in [-0.15, -0.1) is 0 Å². The molecule has 2 atom stereocenters. The van der Waals surface area contributed by atoms with E-state index in [2.05, 4.69) is 5.32 Å². The highest BCUT2D eigenvalue weighted by molar-refractivity contribution is 5.42. The summed E-state index contributed by atoms with van der Waals surface area (Å²) in [6.45, 7) is 1.07. The minimum Gasteiger partial charge on any atom is -0.493 e. The molecule has 0 saturated heterocycles. The third-order valence-corrected chi connectivity index (χ3v) is 4.16. The molecule has 2 rings (SSSR count). The predicted molar refractivity (Wildman–Crippen MR) is 79.2 cm³/mol. The summed E-state index contributed by atoms with van der Waals surface area (Å²) in [6.07, 6.45) is 4.76. The predicted octanol–water partition coefficient (Wildman–Crippen LogP) is 2.34. The minimum absolute atomic E-state index is 0.281. The fourth-order valence-corrected chi connectivity index (χ4v) is 2.93. The van der Waals surface area contributed by atoms with Crippen molar-refractivity contribution in [3.63, 3.8) is 0 Å². The first-order valence-corrected chi connectivity index (χ1v) is 7.33. The minimum atomic E-state index is 0.281. The summed E-state index contributed by atoms with van der Waals surface area (Å²) in [7, 11) is 3.29. The summed E-state index contributed by atoms with van der Waals surface area (Å²) in [5, 5.41) is 13.0. The number of aliphatic hydroxyl groups is 1. The van der Waals surface area contributed by atoms with E-state index >= 15 is 0 Å². The Labute approximate surface area is 121 Å². The van der Waals surface area contributed by atoms with Crippen molar-refractivity contribution in [2.45, 2.75) is 38.3 Å². The van der Waals surface area contributed by atoms with E-state index in [1.165, 1.54) is 18.4 Å². The molecule has 1 aromatic carbocycles. The topological polar surface area (TPSA) is 50.7 Å². The molecule has 0 heterocycles. The van der Waals surface area contributed by atoms with Gasteiger partial charge in [0.05, 0.1) is 14.2 Å². The zero-order chi connectivity index (χ0) is 14.4. The summed E-state index contributed by atoms with van der Waals surface area (Å²) in [4.78, 5) is 0. The Morgan fingerprint density at radius 3 is 2.60 bits per heavy atom. The van der Waals surface area contributed by atoms with Gasteiger partial charge < -0.3 is 19.9 Å². The van der Waals surface area contributed by atoms with Gasteiger partial charge in [-0.2, -0.15) is 0 Å². The highest BCUT2D eigenvalue weighted by atomic mass is 16.5. The van der Waals surface area contributed by atoms with Crippen LogP contribution in [0.2, 0.25) is 0 Å². The van der Waals surface area contributed by atoms with Crippen LogP contribution in [-0.2, 0) is 6.54 Å². The van der Waals surface area contributed by atoms with Gasteiger partial charge in [-0.1, -0.05) is 18.9 Å². The second-order valence-corrected chi connectivity index (χ2v) is 5.40. The summed E-state index contributed by atoms with van der Waals surface area (Å²) < 4.78 is 10.6. The van der Waals surface area contributed by atoms with Crippen LogP contribution in [0, 0.1) is 5.92 Å². The van der Waals surface area contributed by atoms with Crippen LogP contribution in [0.5, 0.6) is 11.5 Å². The Hall–Kier alpha value is -1.26. The Morgan fingerprint density at radius 1 is 1.15 bits per heavy atom. The zero-order valence-corrected chi connectivity index (χ0v) is 12.4. The molecule has 0 spiro atoms. The maximum Gasteiger partial charge on any atom is 0.161 e. The van der Waals surface area contributed by atoms with Gasteiger partial charge in [0.1, 0.15) is 0 Å². The highest BCUT2D eigenvalue weighted by Gasteiger charge is 2.23. The van der Waals surface area contributed by atoms with Crippen LogP contribution in [0.1, 0.15) is 31.2 Å². The van der Waals surface area contributed by atoms with E-state index in [9.17, 15) is 5.11 Å². The molecular formula is C16H25NO3. The lowest BCUT2D eigenvalue weighted by Crippen LogP contribution is -2.39. The lowest BCUT2D eigenvalue weighted by molar-refractivity contribution is 0.152. The number of aliphatic hydroxyl groups excluding tert-OH is 1. The van der Waals surface area contributed by atoms with Crippen LogP contribution in [0.3, 0.4) is 0 Å². The van der Waals surface area contributed by atoms with Crippen molar-refractivity contribution in [3.05, 3.63) is 23.8 Å². The Morgan fingerprint density at radius 2 is 1.90 bits per heavy atom. The zero-order valence-electron chi connectivity index (χ0n) is 12.4. The summed E-state index contributed by atoms with van der Waals surface area (Å²) in [6, 6.07) is 6.40. The van der Waals surface area contributed by atoms with Crippen molar-refractivity contribution in [1.82, 2.24) is 5.32 Å². The standard InChI is InChI=1S/C16H25NO3/c1-19-15-8-7-12(9-16(15)20-2)10-17-14-6-4-3-5-13(14)11-18/h7-9,13-14,17-18H,3-6,10-11H2,1-2H3. The first-order valence-electron chi connectivity index (χ1n) is 7.33. The first kappa shape index (κ1) is 15.1. The van der Waals surface area contributed by atoms with Crippen molar-refractivity contribution in [3.8, 4) is 11.5 Å². The van der Waals surface area contributed by atoms with E-state index < -0.39 is 0 Å². The number of hydrogen-bond acceptors (Lipinski definition) is 4. The Kier molecular flexibility index (Phi) is 5.68. The van der Waals surface area contributed by atoms with Crippen molar-refractivity contribution in [2.75, 3.05) is 20.8 Å². The molecule has 0 radical (unpaired) electrons. The van der Waals surface area contributed by atoms with Gasteiger partial charge in [-0.05, 0) is 36.5 Å². The lowest BCUT2D eigenvalue weighted by Gasteiger charge is -2.31. The number of methoxy groups -OCH3 is 2. The van der Waals surface area contributed by atoms with E-state index in [4.69, 9.17) is 9.47 Å². The van der Waals surface area contributed by atoms with Gasteiger partial charge in [-0.3, -0.25) is 0 Å². The largest absolute Gasteiger partial charge is 0.493 e. The molecule has 0 aliphatic heterocycles. The van der Waals surface area contributed by atoms with Gasteiger partial charge in [0.15, 0.2) is 11.5 Å². The van der Waals surface area contributed by atoms with E-state index in [0.29, 0.717) is 12.0 Å². The van der Waals surface area contributed by atoms with Crippen molar-refractivity contribution < 1.29 is 14.6 Å². The van der Waals surface area contributed by atoms with Crippen LogP contribution < -0.4 is 14.8 Å². The summed E-state index contributed by atoms with van der Waals surface area (Å²) in [5.74, 6) is 1.90. The molecule has 4 nitrogen and oxygen atoms in total. The van der Waals surface area contributed by atoms with Crippen LogP contribution in [-0.4, -0.2) is 32.0 Å². The molecule has 1 fully saturated rings. The van der Waals surface area contributed by atoms with Crippen molar-refractivity contribution >= 4 is 0 Å². The first-order chi connectivity index (χ1) is 9.78. The second kappa shape index (κ2) is 7.50. The monoisotopic (exact) mass is 279 g/mol. The summed E-state index contributed by atoms with van der Waals surface area (Å²) >= 11 is 0. The van der Waals surface area contributed by atoms with Crippen LogP contribution in [0.15, 0.2) is 18.2 Å². The van der Waals surface area contributed by atoms with Gasteiger partial charge in [-0.25, -0.2) is 0 Å². The number of benzene rings is 1. The van der Waals surface area contributed by atoms with E-state index in [-0.39, 0.29) is 6.61 Å². The third-order valence-electron chi connectivity index (χ3n) is 4.16. The fourth-order valence-electron chi connectivity index (χ4n) is 2.93. The van der Waals surface area contributed by atoms with E-state index in [0.717, 1.165) is 30.9 Å². The molecule has 1 aliphatic carbocycles. The van der Waals surface area contributed by atoms with Gasteiger partial charge in [0.25, 0.3) is 0 Å². The van der Waals surface area contributed by atoms with Crippen molar-refractivity contribution in [1.29, 1.82) is 0 Å². The molecule has 1 aliphatic rings. The molecule has 112 valence electrons. The highest BCUT2D eigenvalue weighted by Crippen LogP contribution is 2.28. The van der Waals surface area contributed by atoms with E-state index in [1.54, 1.807) is 14.2 Å².